The fourth-order valence-corrected chi connectivity index (χ4v) is 3.47. The average molecular weight is 297 g/mol. The van der Waals surface area contributed by atoms with Crippen LogP contribution in [0.1, 0.15) is 39.5 Å². The van der Waals surface area contributed by atoms with Crippen LogP contribution in [0.3, 0.4) is 0 Å². The second-order valence-corrected chi connectivity index (χ2v) is 6.57. The van der Waals surface area contributed by atoms with Gasteiger partial charge in [0.15, 0.2) is 0 Å². The van der Waals surface area contributed by atoms with E-state index in [-0.39, 0.29) is 12.1 Å². The summed E-state index contributed by atoms with van der Waals surface area (Å²) in [5.74, 6) is -0.315. The maximum atomic E-state index is 12.0. The van der Waals surface area contributed by atoms with Crippen molar-refractivity contribution in [2.75, 3.05) is 26.2 Å². The standard InChI is InChI=1S/C15H27N3O3/c1-3-18-8-6-11(10-18)9-16-14(21)17-12-5-4-7-15(12,2)13(19)20/h11-12H,3-10H2,1-2H3,(H,19,20)(H2,16,17,21). The van der Waals surface area contributed by atoms with Gasteiger partial charge in [-0.3, -0.25) is 4.79 Å². The monoisotopic (exact) mass is 297 g/mol. The molecule has 3 atom stereocenters. The molecule has 1 saturated carbocycles. The molecule has 3 N–H and O–H groups in total. The van der Waals surface area contributed by atoms with Gasteiger partial charge in [-0.15, -0.1) is 0 Å². The van der Waals surface area contributed by atoms with Gasteiger partial charge in [0.1, 0.15) is 0 Å². The van der Waals surface area contributed by atoms with Gasteiger partial charge in [0.05, 0.1) is 5.41 Å². The molecule has 0 spiro atoms. The number of nitrogens with zero attached hydrogens (tertiary/aromatic N) is 1. The van der Waals surface area contributed by atoms with Gasteiger partial charge in [-0.25, -0.2) is 4.79 Å². The number of carbonyl (C=O) groups is 2. The van der Waals surface area contributed by atoms with Crippen LogP contribution in [0.5, 0.6) is 0 Å². The number of hydrogen-bond acceptors (Lipinski definition) is 3. The van der Waals surface area contributed by atoms with Crippen LogP contribution in [-0.2, 0) is 4.79 Å². The highest BCUT2D eigenvalue weighted by Gasteiger charge is 2.45. The fraction of sp³-hybridized carbons (Fsp3) is 0.867. The summed E-state index contributed by atoms with van der Waals surface area (Å²) in [5.41, 5.74) is -0.830. The number of carboxylic acids is 1. The molecule has 21 heavy (non-hydrogen) atoms. The van der Waals surface area contributed by atoms with E-state index in [1.165, 1.54) is 0 Å². The first-order valence-electron chi connectivity index (χ1n) is 7.96. The van der Waals surface area contributed by atoms with E-state index in [1.54, 1.807) is 6.92 Å². The number of carbonyl (C=O) groups excluding carboxylic acids is 1. The van der Waals surface area contributed by atoms with Crippen LogP contribution in [0.4, 0.5) is 4.79 Å². The van der Waals surface area contributed by atoms with Crippen LogP contribution in [0, 0.1) is 11.3 Å². The van der Waals surface area contributed by atoms with Crippen LogP contribution in [-0.4, -0.2) is 54.2 Å². The van der Waals surface area contributed by atoms with Crippen LogP contribution in [0.25, 0.3) is 0 Å². The van der Waals surface area contributed by atoms with E-state index in [0.717, 1.165) is 38.9 Å². The van der Waals surface area contributed by atoms with Crippen LogP contribution in [0.2, 0.25) is 0 Å². The van der Waals surface area contributed by atoms with Crippen molar-refractivity contribution in [2.24, 2.45) is 11.3 Å². The molecule has 3 unspecified atom stereocenters. The summed E-state index contributed by atoms with van der Waals surface area (Å²) in [7, 11) is 0. The lowest BCUT2D eigenvalue weighted by atomic mass is 9.85. The second kappa shape index (κ2) is 6.64. The van der Waals surface area contributed by atoms with Crippen molar-refractivity contribution in [2.45, 2.75) is 45.6 Å². The first-order chi connectivity index (χ1) is 9.95. The Morgan fingerprint density at radius 1 is 1.38 bits per heavy atom. The van der Waals surface area contributed by atoms with Crippen molar-refractivity contribution in [3.63, 3.8) is 0 Å². The quantitative estimate of drug-likeness (QED) is 0.714. The first-order valence-corrected chi connectivity index (χ1v) is 7.96. The third-order valence-corrected chi connectivity index (χ3v) is 5.12. The minimum Gasteiger partial charge on any atom is -0.481 e. The Balaban J connectivity index is 1.76. The highest BCUT2D eigenvalue weighted by atomic mass is 16.4. The predicted octanol–water partition coefficient (Wildman–Crippen LogP) is 1.27. The van der Waals surface area contributed by atoms with Gasteiger partial charge < -0.3 is 20.6 Å². The number of rotatable bonds is 5. The lowest BCUT2D eigenvalue weighted by Gasteiger charge is -2.28. The van der Waals surface area contributed by atoms with E-state index in [2.05, 4.69) is 22.5 Å². The SMILES string of the molecule is CCN1CCC(CNC(=O)NC2CCCC2(C)C(=O)O)C1. The predicted molar refractivity (Wildman–Crippen MR) is 80.1 cm³/mol. The van der Waals surface area contributed by atoms with Crippen LogP contribution < -0.4 is 10.6 Å². The maximum Gasteiger partial charge on any atom is 0.315 e. The summed E-state index contributed by atoms with van der Waals surface area (Å²) in [5, 5.41) is 15.1. The van der Waals surface area contributed by atoms with E-state index >= 15 is 0 Å². The number of likely N-dealkylation sites (tertiary alicyclic amines) is 1. The van der Waals surface area contributed by atoms with Crippen molar-refractivity contribution in [3.8, 4) is 0 Å². The van der Waals surface area contributed by atoms with Crippen molar-refractivity contribution in [1.82, 2.24) is 15.5 Å². The Morgan fingerprint density at radius 2 is 2.14 bits per heavy atom. The van der Waals surface area contributed by atoms with Gasteiger partial charge in [-0.05, 0) is 45.2 Å². The maximum absolute atomic E-state index is 12.0. The molecule has 2 aliphatic rings. The van der Waals surface area contributed by atoms with E-state index in [0.29, 0.717) is 18.9 Å². The Bertz CT molecular complexity index is 402. The molecule has 6 heteroatoms. The van der Waals surface area contributed by atoms with Crippen LogP contribution in [0.15, 0.2) is 0 Å². The zero-order valence-corrected chi connectivity index (χ0v) is 13.0. The largest absolute Gasteiger partial charge is 0.481 e. The molecule has 0 bridgehead atoms. The van der Waals surface area contributed by atoms with Crippen molar-refractivity contribution in [3.05, 3.63) is 0 Å². The summed E-state index contributed by atoms with van der Waals surface area (Å²) >= 11 is 0. The lowest BCUT2D eigenvalue weighted by Crippen LogP contribution is -2.50. The average Bonchev–Trinajstić information content (AvgIpc) is 3.05. The molecule has 2 fully saturated rings. The molecule has 2 rings (SSSR count). The van der Waals surface area contributed by atoms with Gasteiger partial charge in [-0.2, -0.15) is 0 Å². The zero-order valence-electron chi connectivity index (χ0n) is 13.0. The van der Waals surface area contributed by atoms with E-state index in [9.17, 15) is 14.7 Å². The lowest BCUT2D eigenvalue weighted by molar-refractivity contribution is -0.148. The molecule has 0 aromatic rings. The van der Waals surface area contributed by atoms with Crippen molar-refractivity contribution in [1.29, 1.82) is 0 Å². The first kappa shape index (κ1) is 16.1. The Morgan fingerprint density at radius 3 is 2.76 bits per heavy atom. The molecule has 0 aromatic heterocycles. The number of amides is 2. The Hall–Kier alpha value is -1.30. The zero-order chi connectivity index (χ0) is 15.5. The number of carboxylic acid groups (broad SMARTS) is 1. The molecule has 0 radical (unpaired) electrons. The normalized spacial score (nSPS) is 33.0. The summed E-state index contributed by atoms with van der Waals surface area (Å²) in [6.07, 6.45) is 3.33. The molecular weight excluding hydrogens is 270 g/mol. The molecule has 1 saturated heterocycles. The van der Waals surface area contributed by atoms with Gasteiger partial charge in [0, 0.05) is 19.1 Å². The van der Waals surface area contributed by atoms with Gasteiger partial charge in [0.25, 0.3) is 0 Å². The molecule has 120 valence electrons. The van der Waals surface area contributed by atoms with Crippen LogP contribution >= 0.6 is 0 Å². The fourth-order valence-electron chi connectivity index (χ4n) is 3.47. The molecule has 6 nitrogen and oxygen atoms in total. The van der Waals surface area contributed by atoms with Gasteiger partial charge in [-0.1, -0.05) is 13.3 Å². The third kappa shape index (κ3) is 3.67. The Kier molecular flexibility index (Phi) is 5.08. The summed E-state index contributed by atoms with van der Waals surface area (Å²) in [4.78, 5) is 25.7. The second-order valence-electron chi connectivity index (χ2n) is 6.57. The molecule has 1 aliphatic heterocycles. The highest BCUT2D eigenvalue weighted by molar-refractivity contribution is 5.79. The molecular formula is C15H27N3O3. The Labute approximate surface area is 126 Å². The molecule has 1 aliphatic carbocycles. The summed E-state index contributed by atoms with van der Waals surface area (Å²) in [6.45, 7) is 7.73. The minimum absolute atomic E-state index is 0.232. The topological polar surface area (TPSA) is 81.7 Å². The van der Waals surface area contributed by atoms with Gasteiger partial charge in [0.2, 0.25) is 0 Å². The highest BCUT2D eigenvalue weighted by Crippen LogP contribution is 2.38. The molecule has 1 heterocycles. The van der Waals surface area contributed by atoms with Crippen molar-refractivity contribution >= 4 is 12.0 Å². The smallest absolute Gasteiger partial charge is 0.315 e. The number of urea groups is 1. The summed E-state index contributed by atoms with van der Waals surface area (Å²) < 4.78 is 0. The van der Waals surface area contributed by atoms with E-state index < -0.39 is 11.4 Å². The molecule has 0 aromatic carbocycles. The van der Waals surface area contributed by atoms with E-state index in [1.807, 2.05) is 0 Å². The number of hydrogen-bond donors (Lipinski definition) is 3. The number of nitrogens with one attached hydrogen (secondary N) is 2. The third-order valence-electron chi connectivity index (χ3n) is 5.12. The van der Waals surface area contributed by atoms with Crippen molar-refractivity contribution < 1.29 is 14.7 Å². The summed E-state index contributed by atoms with van der Waals surface area (Å²) in [6, 6.07) is -0.505. The number of aliphatic carboxylic acids is 1. The van der Waals surface area contributed by atoms with E-state index in [4.69, 9.17) is 0 Å². The minimum atomic E-state index is -0.830. The molecule has 2 amide bonds. The van der Waals surface area contributed by atoms with Gasteiger partial charge >= 0.3 is 12.0 Å².